The van der Waals surface area contributed by atoms with E-state index in [2.05, 4.69) is 22.5 Å². The second kappa shape index (κ2) is 10.5. The molecular formula is C21H33N3O3. The molecule has 1 aliphatic heterocycles. The Morgan fingerprint density at radius 1 is 1.22 bits per heavy atom. The minimum atomic E-state index is -0.0757. The van der Waals surface area contributed by atoms with Crippen LogP contribution in [0, 0.1) is 5.92 Å². The van der Waals surface area contributed by atoms with Gasteiger partial charge < -0.3 is 20.1 Å². The van der Waals surface area contributed by atoms with Gasteiger partial charge in [0.1, 0.15) is 12.4 Å². The molecule has 0 unspecified atom stereocenters. The lowest BCUT2D eigenvalue weighted by Crippen LogP contribution is -2.43. The van der Waals surface area contributed by atoms with Crippen LogP contribution >= 0.6 is 0 Å². The van der Waals surface area contributed by atoms with Crippen molar-refractivity contribution in [2.24, 2.45) is 5.92 Å². The third-order valence-electron chi connectivity index (χ3n) is 5.48. The van der Waals surface area contributed by atoms with E-state index in [-0.39, 0.29) is 6.03 Å². The lowest BCUT2D eigenvalue weighted by Gasteiger charge is -2.27. The van der Waals surface area contributed by atoms with Gasteiger partial charge in [-0.3, -0.25) is 4.90 Å². The van der Waals surface area contributed by atoms with Crippen molar-refractivity contribution in [3.8, 4) is 5.75 Å². The first-order chi connectivity index (χ1) is 13.2. The summed E-state index contributed by atoms with van der Waals surface area (Å²) in [7, 11) is 0. The highest BCUT2D eigenvalue weighted by Gasteiger charge is 2.19. The molecule has 0 bridgehead atoms. The number of rotatable bonds is 7. The highest BCUT2D eigenvalue weighted by molar-refractivity contribution is 5.74. The molecule has 2 amide bonds. The SMILES string of the molecule is CC1CCC(NC(=O)NCc2cccc(OCCN3CCOCC3)c2)CC1. The summed E-state index contributed by atoms with van der Waals surface area (Å²) in [5.41, 5.74) is 1.05. The van der Waals surface area contributed by atoms with Gasteiger partial charge >= 0.3 is 6.03 Å². The largest absolute Gasteiger partial charge is 0.492 e. The van der Waals surface area contributed by atoms with Gasteiger partial charge in [-0.1, -0.05) is 19.1 Å². The van der Waals surface area contributed by atoms with E-state index < -0.39 is 0 Å². The fourth-order valence-electron chi connectivity index (χ4n) is 3.69. The number of hydrogen-bond donors (Lipinski definition) is 2. The van der Waals surface area contributed by atoms with Gasteiger partial charge in [0.25, 0.3) is 0 Å². The zero-order valence-corrected chi connectivity index (χ0v) is 16.4. The Labute approximate surface area is 162 Å². The molecule has 6 nitrogen and oxygen atoms in total. The first kappa shape index (κ1) is 20.0. The van der Waals surface area contributed by atoms with E-state index >= 15 is 0 Å². The number of ether oxygens (including phenoxy) is 2. The van der Waals surface area contributed by atoms with E-state index in [1.54, 1.807) is 0 Å². The first-order valence-corrected chi connectivity index (χ1v) is 10.3. The summed E-state index contributed by atoms with van der Waals surface area (Å²) in [4.78, 5) is 14.5. The number of carbonyl (C=O) groups excluding carboxylic acids is 1. The van der Waals surface area contributed by atoms with E-state index in [4.69, 9.17) is 9.47 Å². The summed E-state index contributed by atoms with van der Waals surface area (Å²) >= 11 is 0. The predicted molar refractivity (Wildman–Crippen MR) is 106 cm³/mol. The molecule has 3 rings (SSSR count). The van der Waals surface area contributed by atoms with Gasteiger partial charge in [-0.2, -0.15) is 0 Å². The van der Waals surface area contributed by atoms with E-state index in [1.807, 2.05) is 24.3 Å². The van der Waals surface area contributed by atoms with Gasteiger partial charge in [0.15, 0.2) is 0 Å². The van der Waals surface area contributed by atoms with Gasteiger partial charge in [-0.15, -0.1) is 0 Å². The van der Waals surface area contributed by atoms with Crippen LogP contribution < -0.4 is 15.4 Å². The van der Waals surface area contributed by atoms with E-state index in [1.165, 1.54) is 12.8 Å². The average molecular weight is 376 g/mol. The molecular weight excluding hydrogens is 342 g/mol. The molecule has 27 heavy (non-hydrogen) atoms. The molecule has 1 heterocycles. The number of nitrogens with one attached hydrogen (secondary N) is 2. The highest BCUT2D eigenvalue weighted by Crippen LogP contribution is 2.23. The van der Waals surface area contributed by atoms with Crippen LogP contribution in [-0.4, -0.2) is 56.4 Å². The third kappa shape index (κ3) is 7.03. The molecule has 2 fully saturated rings. The zero-order valence-electron chi connectivity index (χ0n) is 16.4. The normalized spacial score (nSPS) is 23.6. The van der Waals surface area contributed by atoms with Crippen LogP contribution in [0.3, 0.4) is 0 Å². The van der Waals surface area contributed by atoms with Crippen LogP contribution in [-0.2, 0) is 11.3 Å². The summed E-state index contributed by atoms with van der Waals surface area (Å²) < 4.78 is 11.2. The topological polar surface area (TPSA) is 62.8 Å². The van der Waals surface area contributed by atoms with Crippen molar-refractivity contribution < 1.29 is 14.3 Å². The average Bonchev–Trinajstić information content (AvgIpc) is 2.69. The minimum Gasteiger partial charge on any atom is -0.492 e. The van der Waals surface area contributed by atoms with Crippen LogP contribution in [0.5, 0.6) is 5.75 Å². The Balaban J connectivity index is 1.36. The Kier molecular flexibility index (Phi) is 7.78. The Bertz CT molecular complexity index is 582. The summed E-state index contributed by atoms with van der Waals surface area (Å²) in [6.45, 7) is 7.94. The summed E-state index contributed by atoms with van der Waals surface area (Å²) in [6.07, 6.45) is 4.58. The molecule has 0 aromatic heterocycles. The monoisotopic (exact) mass is 375 g/mol. The quantitative estimate of drug-likeness (QED) is 0.769. The molecule has 2 aliphatic rings. The molecule has 1 saturated heterocycles. The van der Waals surface area contributed by atoms with Crippen molar-refractivity contribution in [3.05, 3.63) is 29.8 Å². The van der Waals surface area contributed by atoms with Crippen molar-refractivity contribution >= 4 is 6.03 Å². The molecule has 1 aromatic rings. The smallest absolute Gasteiger partial charge is 0.315 e. The van der Waals surface area contributed by atoms with Gasteiger partial charge in [0.2, 0.25) is 0 Å². The van der Waals surface area contributed by atoms with Crippen LogP contribution in [0.25, 0.3) is 0 Å². The minimum absolute atomic E-state index is 0.0757. The van der Waals surface area contributed by atoms with Crippen LogP contribution in [0.2, 0.25) is 0 Å². The summed E-state index contributed by atoms with van der Waals surface area (Å²) in [5.74, 6) is 1.64. The molecule has 6 heteroatoms. The first-order valence-electron chi connectivity index (χ1n) is 10.3. The number of nitrogens with zero attached hydrogens (tertiary/aromatic N) is 1. The van der Waals surface area contributed by atoms with Gasteiger partial charge in [-0.25, -0.2) is 4.79 Å². The maximum absolute atomic E-state index is 12.1. The number of carbonyl (C=O) groups is 1. The van der Waals surface area contributed by atoms with Crippen molar-refractivity contribution in [3.63, 3.8) is 0 Å². The molecule has 2 N–H and O–H groups in total. The molecule has 1 aromatic carbocycles. The fraction of sp³-hybridized carbons (Fsp3) is 0.667. The van der Waals surface area contributed by atoms with E-state index in [0.29, 0.717) is 19.2 Å². The molecule has 1 aliphatic carbocycles. The molecule has 0 radical (unpaired) electrons. The number of benzene rings is 1. The van der Waals surface area contributed by atoms with Crippen LogP contribution in [0.1, 0.15) is 38.2 Å². The van der Waals surface area contributed by atoms with Crippen molar-refractivity contribution in [1.82, 2.24) is 15.5 Å². The standard InChI is InChI=1S/C21H33N3O3/c1-17-5-7-19(8-6-17)23-21(25)22-16-18-3-2-4-20(15-18)27-14-11-24-9-12-26-13-10-24/h2-4,15,17,19H,5-14,16H2,1H3,(H2,22,23,25). The molecule has 1 saturated carbocycles. The molecule has 150 valence electrons. The Morgan fingerprint density at radius 3 is 2.78 bits per heavy atom. The van der Waals surface area contributed by atoms with Gasteiger partial charge in [0.05, 0.1) is 13.2 Å². The number of amides is 2. The maximum atomic E-state index is 12.1. The highest BCUT2D eigenvalue weighted by atomic mass is 16.5. The fourth-order valence-corrected chi connectivity index (χ4v) is 3.69. The third-order valence-corrected chi connectivity index (χ3v) is 5.48. The Morgan fingerprint density at radius 2 is 2.00 bits per heavy atom. The predicted octanol–water partition coefficient (Wildman–Crippen LogP) is 2.78. The molecule has 0 atom stereocenters. The number of morpholine rings is 1. The Hall–Kier alpha value is -1.79. The second-order valence-corrected chi connectivity index (χ2v) is 7.73. The van der Waals surface area contributed by atoms with Gasteiger partial charge in [0, 0.05) is 32.2 Å². The summed E-state index contributed by atoms with van der Waals surface area (Å²) in [5, 5.41) is 6.06. The maximum Gasteiger partial charge on any atom is 0.315 e. The van der Waals surface area contributed by atoms with Crippen molar-refractivity contribution in [1.29, 1.82) is 0 Å². The van der Waals surface area contributed by atoms with Gasteiger partial charge in [-0.05, 0) is 49.3 Å². The van der Waals surface area contributed by atoms with Crippen molar-refractivity contribution in [2.75, 3.05) is 39.5 Å². The zero-order chi connectivity index (χ0) is 18.9. The van der Waals surface area contributed by atoms with Crippen LogP contribution in [0.15, 0.2) is 24.3 Å². The lowest BCUT2D eigenvalue weighted by atomic mass is 9.87. The lowest BCUT2D eigenvalue weighted by molar-refractivity contribution is 0.0322. The number of hydrogen-bond acceptors (Lipinski definition) is 4. The second-order valence-electron chi connectivity index (χ2n) is 7.73. The van der Waals surface area contributed by atoms with E-state index in [9.17, 15) is 4.79 Å². The van der Waals surface area contributed by atoms with Crippen molar-refractivity contribution in [2.45, 2.75) is 45.2 Å². The number of urea groups is 1. The summed E-state index contributed by atoms with van der Waals surface area (Å²) in [6, 6.07) is 8.19. The van der Waals surface area contributed by atoms with Crippen LogP contribution in [0.4, 0.5) is 4.79 Å². The molecule has 0 spiro atoms. The van der Waals surface area contributed by atoms with E-state index in [0.717, 1.165) is 62.9 Å².